The van der Waals surface area contributed by atoms with Gasteiger partial charge in [-0.2, -0.15) is 17.4 Å². The highest BCUT2D eigenvalue weighted by molar-refractivity contribution is 7.87. The van der Waals surface area contributed by atoms with Gasteiger partial charge in [-0.05, 0) is 45.1 Å². The summed E-state index contributed by atoms with van der Waals surface area (Å²) < 4.78 is 29.1. The minimum Gasteiger partial charge on any atom is -0.313 e. The van der Waals surface area contributed by atoms with Gasteiger partial charge in [0, 0.05) is 25.2 Å². The topological polar surface area (TPSA) is 61.4 Å². The van der Waals surface area contributed by atoms with E-state index in [2.05, 4.69) is 17.0 Å². The summed E-state index contributed by atoms with van der Waals surface area (Å²) in [6.07, 6.45) is 3.91. The summed E-state index contributed by atoms with van der Waals surface area (Å²) in [7, 11) is -3.30. The molecule has 0 bridgehead atoms. The first kappa shape index (κ1) is 14.2. The zero-order valence-electron chi connectivity index (χ0n) is 11.4. The van der Waals surface area contributed by atoms with Gasteiger partial charge >= 0.3 is 0 Å². The van der Waals surface area contributed by atoms with Gasteiger partial charge in [0.25, 0.3) is 10.2 Å². The van der Waals surface area contributed by atoms with Crippen molar-refractivity contribution in [1.82, 2.24) is 14.3 Å². The van der Waals surface area contributed by atoms with E-state index in [0.717, 1.165) is 32.2 Å². The molecule has 2 heterocycles. The van der Waals surface area contributed by atoms with E-state index in [1.807, 2.05) is 6.92 Å². The Balaban J connectivity index is 1.94. The molecule has 2 unspecified atom stereocenters. The van der Waals surface area contributed by atoms with Crippen LogP contribution in [0.25, 0.3) is 0 Å². The molecule has 18 heavy (non-hydrogen) atoms. The average Bonchev–Trinajstić information content (AvgIpc) is 2.32. The summed E-state index contributed by atoms with van der Waals surface area (Å²) in [6, 6.07) is 0.250. The molecule has 0 spiro atoms. The molecule has 2 aliphatic rings. The molecule has 0 radical (unpaired) electrons. The van der Waals surface area contributed by atoms with E-state index in [4.69, 9.17) is 0 Å². The van der Waals surface area contributed by atoms with Crippen LogP contribution >= 0.6 is 0 Å². The number of rotatable bonds is 3. The molecule has 106 valence electrons. The lowest BCUT2D eigenvalue weighted by Gasteiger charge is -2.34. The largest absolute Gasteiger partial charge is 0.313 e. The van der Waals surface area contributed by atoms with Gasteiger partial charge in [0.2, 0.25) is 0 Å². The lowest BCUT2D eigenvalue weighted by Crippen LogP contribution is -2.55. The fraction of sp³-hybridized carbons (Fsp3) is 1.00. The normalized spacial score (nSPS) is 32.6. The maximum absolute atomic E-state index is 12.3. The molecule has 6 heteroatoms. The minimum absolute atomic E-state index is 0.0306. The number of nitrogens with one attached hydrogen (secondary N) is 2. The van der Waals surface area contributed by atoms with Crippen molar-refractivity contribution in [2.24, 2.45) is 5.92 Å². The molecular weight excluding hydrogens is 250 g/mol. The van der Waals surface area contributed by atoms with Crippen molar-refractivity contribution in [2.75, 3.05) is 19.6 Å². The Hall–Kier alpha value is -0.170. The van der Waals surface area contributed by atoms with Crippen molar-refractivity contribution < 1.29 is 8.42 Å². The fourth-order valence-electron chi connectivity index (χ4n) is 2.70. The molecule has 0 saturated carbocycles. The molecule has 2 saturated heterocycles. The van der Waals surface area contributed by atoms with E-state index in [1.165, 1.54) is 0 Å². The van der Waals surface area contributed by atoms with Crippen molar-refractivity contribution in [3.8, 4) is 0 Å². The van der Waals surface area contributed by atoms with E-state index in [-0.39, 0.29) is 12.1 Å². The smallest absolute Gasteiger partial charge is 0.279 e. The van der Waals surface area contributed by atoms with Crippen molar-refractivity contribution in [2.45, 2.75) is 51.6 Å². The Bertz CT molecular complexity index is 364. The van der Waals surface area contributed by atoms with Crippen LogP contribution in [0.1, 0.15) is 39.5 Å². The van der Waals surface area contributed by atoms with Crippen LogP contribution in [0.4, 0.5) is 0 Å². The third-order valence-electron chi connectivity index (χ3n) is 4.14. The third kappa shape index (κ3) is 3.44. The first-order chi connectivity index (χ1) is 8.49. The Kier molecular flexibility index (Phi) is 4.64. The second-order valence-electron chi connectivity index (χ2n) is 5.70. The molecule has 2 aliphatic heterocycles. The molecule has 0 aliphatic carbocycles. The molecule has 5 nitrogen and oxygen atoms in total. The minimum atomic E-state index is -3.30. The summed E-state index contributed by atoms with van der Waals surface area (Å²) in [5.41, 5.74) is 0. The first-order valence-corrected chi connectivity index (χ1v) is 8.44. The quantitative estimate of drug-likeness (QED) is 0.797. The highest BCUT2D eigenvalue weighted by atomic mass is 32.2. The van der Waals surface area contributed by atoms with Crippen LogP contribution in [0, 0.1) is 5.92 Å². The van der Waals surface area contributed by atoms with Crippen LogP contribution in [0.3, 0.4) is 0 Å². The highest BCUT2D eigenvalue weighted by Crippen LogP contribution is 2.19. The summed E-state index contributed by atoms with van der Waals surface area (Å²) in [6.45, 7) is 6.53. The molecule has 2 atom stereocenters. The van der Waals surface area contributed by atoms with Gasteiger partial charge in [-0.15, -0.1) is 0 Å². The van der Waals surface area contributed by atoms with E-state index in [1.54, 1.807) is 4.31 Å². The number of hydrogen-bond donors (Lipinski definition) is 2. The van der Waals surface area contributed by atoms with Crippen LogP contribution in [-0.4, -0.2) is 44.4 Å². The Morgan fingerprint density at radius 3 is 2.44 bits per heavy atom. The van der Waals surface area contributed by atoms with Crippen LogP contribution in [0.2, 0.25) is 0 Å². The SMILES string of the molecule is CC1CCN(S(=O)(=O)NC2CCCNC2C)CC1. The van der Waals surface area contributed by atoms with E-state index >= 15 is 0 Å². The molecule has 0 aromatic heterocycles. The molecule has 0 amide bonds. The maximum atomic E-state index is 12.3. The third-order valence-corrected chi connectivity index (χ3v) is 5.79. The van der Waals surface area contributed by atoms with Gasteiger partial charge < -0.3 is 5.32 Å². The second kappa shape index (κ2) is 5.86. The Labute approximate surface area is 110 Å². The number of hydrogen-bond acceptors (Lipinski definition) is 3. The zero-order valence-corrected chi connectivity index (χ0v) is 12.2. The highest BCUT2D eigenvalue weighted by Gasteiger charge is 2.31. The molecule has 0 aromatic rings. The first-order valence-electron chi connectivity index (χ1n) is 7.00. The van der Waals surface area contributed by atoms with Crippen molar-refractivity contribution in [3.05, 3.63) is 0 Å². The van der Waals surface area contributed by atoms with Crippen molar-refractivity contribution in [3.63, 3.8) is 0 Å². The summed E-state index contributed by atoms with van der Waals surface area (Å²) in [5.74, 6) is 0.645. The monoisotopic (exact) mass is 275 g/mol. The van der Waals surface area contributed by atoms with E-state index in [0.29, 0.717) is 19.0 Å². The lowest BCUT2D eigenvalue weighted by atomic mass is 10.0. The van der Waals surface area contributed by atoms with Gasteiger partial charge in [-0.1, -0.05) is 6.92 Å². The standard InChI is InChI=1S/C12H25N3O2S/c1-10-5-8-15(9-6-10)18(16,17)14-12-4-3-7-13-11(12)2/h10-14H,3-9H2,1-2H3. The van der Waals surface area contributed by atoms with Crippen LogP contribution in [0.5, 0.6) is 0 Å². The molecular formula is C12H25N3O2S. The van der Waals surface area contributed by atoms with Gasteiger partial charge in [0.05, 0.1) is 0 Å². The summed E-state index contributed by atoms with van der Waals surface area (Å²) in [4.78, 5) is 0. The maximum Gasteiger partial charge on any atom is 0.279 e. The number of piperidine rings is 2. The Morgan fingerprint density at radius 2 is 1.83 bits per heavy atom. The predicted octanol–water partition coefficient (Wildman–Crippen LogP) is 0.693. The van der Waals surface area contributed by atoms with Gasteiger partial charge in [-0.25, -0.2) is 0 Å². The zero-order chi connectivity index (χ0) is 13.2. The van der Waals surface area contributed by atoms with Crippen LogP contribution in [-0.2, 0) is 10.2 Å². The molecule has 2 rings (SSSR count). The molecule has 2 fully saturated rings. The summed E-state index contributed by atoms with van der Waals surface area (Å²) >= 11 is 0. The fourth-order valence-corrected chi connectivity index (χ4v) is 4.24. The second-order valence-corrected chi connectivity index (χ2v) is 7.40. The average molecular weight is 275 g/mol. The summed E-state index contributed by atoms with van der Waals surface area (Å²) in [5, 5.41) is 3.32. The molecule has 0 aromatic carbocycles. The Morgan fingerprint density at radius 1 is 1.17 bits per heavy atom. The lowest BCUT2D eigenvalue weighted by molar-refractivity contribution is 0.276. The van der Waals surface area contributed by atoms with Gasteiger partial charge in [0.1, 0.15) is 0 Å². The van der Waals surface area contributed by atoms with Gasteiger partial charge in [0.15, 0.2) is 0 Å². The van der Waals surface area contributed by atoms with Gasteiger partial charge in [-0.3, -0.25) is 0 Å². The molecule has 2 N–H and O–H groups in total. The van der Waals surface area contributed by atoms with Crippen LogP contribution in [0.15, 0.2) is 0 Å². The van der Waals surface area contributed by atoms with Crippen molar-refractivity contribution in [1.29, 1.82) is 0 Å². The van der Waals surface area contributed by atoms with E-state index in [9.17, 15) is 8.42 Å². The van der Waals surface area contributed by atoms with Crippen LogP contribution < -0.4 is 10.0 Å². The van der Waals surface area contributed by atoms with E-state index < -0.39 is 10.2 Å². The predicted molar refractivity (Wildman–Crippen MR) is 72.5 cm³/mol. The van der Waals surface area contributed by atoms with Crippen molar-refractivity contribution >= 4 is 10.2 Å². The number of nitrogens with zero attached hydrogens (tertiary/aromatic N) is 1.